The zero-order valence-corrected chi connectivity index (χ0v) is 14.3. The van der Waals surface area contributed by atoms with Crippen LogP contribution in [0.25, 0.3) is 0 Å². The van der Waals surface area contributed by atoms with Crippen LogP contribution in [-0.2, 0) is 0 Å². The van der Waals surface area contributed by atoms with Crippen molar-refractivity contribution in [1.29, 1.82) is 0 Å². The third kappa shape index (κ3) is 3.45. The Morgan fingerprint density at radius 1 is 0.875 bits per heavy atom. The number of hydrogen-bond acceptors (Lipinski definition) is 1. The maximum absolute atomic E-state index is 14.4. The fourth-order valence-corrected chi connectivity index (χ4v) is 3.71. The quantitative estimate of drug-likeness (QED) is 0.657. The molecule has 2 aromatic rings. The van der Waals surface area contributed by atoms with Gasteiger partial charge in [0.15, 0.2) is 11.6 Å². The van der Waals surface area contributed by atoms with Crippen molar-refractivity contribution < 1.29 is 13.5 Å². The molecule has 1 nitrogen and oxygen atoms in total. The number of ether oxygens (including phenoxy) is 1. The van der Waals surface area contributed by atoms with E-state index in [4.69, 9.17) is 4.74 Å². The zero-order valence-electron chi connectivity index (χ0n) is 14.3. The zero-order chi connectivity index (χ0) is 17.1. The number of benzene rings is 2. The summed E-state index contributed by atoms with van der Waals surface area (Å²) in [5.41, 5.74) is 3.12. The highest BCUT2D eigenvalue weighted by molar-refractivity contribution is 5.34. The van der Waals surface area contributed by atoms with Crippen LogP contribution in [0.1, 0.15) is 61.1 Å². The van der Waals surface area contributed by atoms with E-state index in [1.807, 2.05) is 0 Å². The third-order valence-electron chi connectivity index (χ3n) is 5.09. The van der Waals surface area contributed by atoms with Gasteiger partial charge in [-0.2, -0.15) is 4.39 Å². The Kier molecular flexibility index (Phi) is 5.17. The second-order valence-electron chi connectivity index (χ2n) is 6.67. The summed E-state index contributed by atoms with van der Waals surface area (Å²) in [5.74, 6) is -0.962. The van der Waals surface area contributed by atoms with Crippen LogP contribution in [0, 0.1) is 18.6 Å². The Hall–Kier alpha value is -1.90. The lowest BCUT2D eigenvalue weighted by molar-refractivity contribution is 0.310. The van der Waals surface area contributed by atoms with Crippen LogP contribution in [-0.4, -0.2) is 6.61 Å². The Morgan fingerprint density at radius 3 is 2.12 bits per heavy atom. The Morgan fingerprint density at radius 2 is 1.50 bits per heavy atom. The molecule has 0 aliphatic heterocycles. The van der Waals surface area contributed by atoms with Gasteiger partial charge in [0.25, 0.3) is 0 Å². The van der Waals surface area contributed by atoms with Crippen molar-refractivity contribution >= 4 is 0 Å². The van der Waals surface area contributed by atoms with Crippen LogP contribution in [0.3, 0.4) is 0 Å². The first-order chi connectivity index (χ1) is 11.6. The lowest BCUT2D eigenvalue weighted by Gasteiger charge is -2.29. The molecule has 2 aromatic carbocycles. The third-order valence-corrected chi connectivity index (χ3v) is 5.09. The van der Waals surface area contributed by atoms with E-state index in [2.05, 4.69) is 31.2 Å². The van der Waals surface area contributed by atoms with Crippen LogP contribution >= 0.6 is 0 Å². The largest absolute Gasteiger partial charge is 0.491 e. The molecule has 0 amide bonds. The van der Waals surface area contributed by atoms with Crippen LogP contribution in [0.5, 0.6) is 5.75 Å². The van der Waals surface area contributed by atoms with Crippen molar-refractivity contribution in [1.82, 2.24) is 0 Å². The minimum Gasteiger partial charge on any atom is -0.491 e. The summed E-state index contributed by atoms with van der Waals surface area (Å²) in [6.07, 6.45) is 3.82. The average molecular weight is 330 g/mol. The van der Waals surface area contributed by atoms with Gasteiger partial charge in [0, 0.05) is 0 Å². The summed E-state index contributed by atoms with van der Waals surface area (Å²) in [6.45, 7) is 4.18. The molecule has 1 aliphatic rings. The number of rotatable bonds is 4. The first kappa shape index (κ1) is 16.9. The van der Waals surface area contributed by atoms with Gasteiger partial charge in [-0.25, -0.2) is 4.39 Å². The van der Waals surface area contributed by atoms with Crippen molar-refractivity contribution in [3.63, 3.8) is 0 Å². The number of halogens is 2. The summed E-state index contributed by atoms with van der Waals surface area (Å²) in [6, 6.07) is 11.9. The maximum atomic E-state index is 14.4. The van der Waals surface area contributed by atoms with Gasteiger partial charge in [0.05, 0.1) is 6.61 Å². The predicted molar refractivity (Wildman–Crippen MR) is 92.7 cm³/mol. The number of aryl methyl sites for hydroxylation is 1. The van der Waals surface area contributed by atoms with Crippen LogP contribution < -0.4 is 4.74 Å². The molecule has 0 unspecified atom stereocenters. The molecule has 1 aliphatic carbocycles. The van der Waals surface area contributed by atoms with E-state index >= 15 is 0 Å². The summed E-state index contributed by atoms with van der Waals surface area (Å²) >= 11 is 0. The normalized spacial score (nSPS) is 20.8. The minimum atomic E-state index is -0.852. The van der Waals surface area contributed by atoms with Gasteiger partial charge in [0.2, 0.25) is 5.82 Å². The van der Waals surface area contributed by atoms with Gasteiger partial charge >= 0.3 is 0 Å². The molecule has 1 saturated carbocycles. The molecular weight excluding hydrogens is 306 g/mol. The van der Waals surface area contributed by atoms with E-state index in [0.717, 1.165) is 25.7 Å². The number of hydrogen-bond donors (Lipinski definition) is 0. The molecule has 0 aromatic heterocycles. The van der Waals surface area contributed by atoms with Crippen molar-refractivity contribution in [3.05, 3.63) is 64.7 Å². The van der Waals surface area contributed by atoms with Crippen molar-refractivity contribution in [2.75, 3.05) is 6.61 Å². The van der Waals surface area contributed by atoms with Gasteiger partial charge in [-0.15, -0.1) is 0 Å². The standard InChI is InChI=1S/C21H24F2O/c1-3-24-19-13-12-18(20(22)21(19)23)17-10-8-16(9-11-17)15-6-4-14(2)5-7-15/h4-7,12-13,16-17H,3,8-11H2,1-2H3. The van der Waals surface area contributed by atoms with Crippen molar-refractivity contribution in [2.24, 2.45) is 0 Å². The molecule has 3 heteroatoms. The fraction of sp³-hybridized carbons (Fsp3) is 0.429. The van der Waals surface area contributed by atoms with E-state index in [0.29, 0.717) is 18.1 Å². The molecule has 0 N–H and O–H groups in total. The van der Waals surface area contributed by atoms with Crippen LogP contribution in [0.2, 0.25) is 0 Å². The van der Waals surface area contributed by atoms with E-state index in [-0.39, 0.29) is 11.7 Å². The lowest BCUT2D eigenvalue weighted by Crippen LogP contribution is -2.14. The molecule has 0 saturated heterocycles. The van der Waals surface area contributed by atoms with Gasteiger partial charge in [-0.3, -0.25) is 0 Å². The molecule has 24 heavy (non-hydrogen) atoms. The van der Waals surface area contributed by atoms with E-state index < -0.39 is 11.6 Å². The van der Waals surface area contributed by atoms with Crippen molar-refractivity contribution in [2.45, 2.75) is 51.4 Å². The smallest absolute Gasteiger partial charge is 0.200 e. The topological polar surface area (TPSA) is 9.23 Å². The molecule has 0 heterocycles. The fourth-order valence-electron chi connectivity index (χ4n) is 3.71. The van der Waals surface area contributed by atoms with Gasteiger partial charge in [0.1, 0.15) is 0 Å². The summed E-state index contributed by atoms with van der Waals surface area (Å²) in [7, 11) is 0. The van der Waals surface area contributed by atoms with Crippen LogP contribution in [0.4, 0.5) is 8.78 Å². The highest BCUT2D eigenvalue weighted by Crippen LogP contribution is 2.42. The highest BCUT2D eigenvalue weighted by atomic mass is 19.2. The van der Waals surface area contributed by atoms with Gasteiger partial charge < -0.3 is 4.74 Å². The Bertz CT molecular complexity index is 686. The monoisotopic (exact) mass is 330 g/mol. The summed E-state index contributed by atoms with van der Waals surface area (Å²) in [4.78, 5) is 0. The van der Waals surface area contributed by atoms with E-state index in [1.165, 1.54) is 11.1 Å². The first-order valence-corrected chi connectivity index (χ1v) is 8.77. The van der Waals surface area contributed by atoms with Gasteiger partial charge in [-0.05, 0) is 68.6 Å². The molecule has 0 spiro atoms. The molecule has 0 bridgehead atoms. The molecule has 0 radical (unpaired) electrons. The van der Waals surface area contributed by atoms with E-state index in [1.54, 1.807) is 19.1 Å². The van der Waals surface area contributed by atoms with Gasteiger partial charge in [-0.1, -0.05) is 35.9 Å². The molecule has 1 fully saturated rings. The molecular formula is C21H24F2O. The molecule has 0 atom stereocenters. The second-order valence-corrected chi connectivity index (χ2v) is 6.67. The van der Waals surface area contributed by atoms with E-state index in [9.17, 15) is 8.78 Å². The highest BCUT2D eigenvalue weighted by Gasteiger charge is 2.27. The predicted octanol–water partition coefficient (Wildman–Crippen LogP) is 6.11. The van der Waals surface area contributed by atoms with Crippen LogP contribution in [0.15, 0.2) is 36.4 Å². The second kappa shape index (κ2) is 7.33. The summed E-state index contributed by atoms with van der Waals surface area (Å²) in [5, 5.41) is 0. The molecule has 128 valence electrons. The maximum Gasteiger partial charge on any atom is 0.200 e. The first-order valence-electron chi connectivity index (χ1n) is 8.77. The lowest BCUT2D eigenvalue weighted by atomic mass is 9.76. The molecule has 3 rings (SSSR count). The minimum absolute atomic E-state index is 0.00657. The Balaban J connectivity index is 1.70. The average Bonchev–Trinajstić information content (AvgIpc) is 2.60. The SMILES string of the molecule is CCOc1ccc(C2CCC(c3ccc(C)cc3)CC2)c(F)c1F. The summed E-state index contributed by atoms with van der Waals surface area (Å²) < 4.78 is 33.6. The Labute approximate surface area is 142 Å². The van der Waals surface area contributed by atoms with Crippen molar-refractivity contribution in [3.8, 4) is 5.75 Å².